The Labute approximate surface area is 76.1 Å². The van der Waals surface area contributed by atoms with E-state index < -0.39 is 0 Å². The summed E-state index contributed by atoms with van der Waals surface area (Å²) in [5.41, 5.74) is 0.754. The van der Waals surface area contributed by atoms with Crippen LogP contribution >= 0.6 is 0 Å². The molecule has 0 radical (unpaired) electrons. The molecule has 0 aromatic carbocycles. The maximum absolute atomic E-state index is 11.0. The second-order valence-corrected chi connectivity index (χ2v) is 3.23. The van der Waals surface area contributed by atoms with Crippen LogP contribution in [-0.2, 0) is 14.4 Å². The average molecular weight is 184 g/mol. The second-order valence-electron chi connectivity index (χ2n) is 3.23. The van der Waals surface area contributed by atoms with Crippen LogP contribution in [0.3, 0.4) is 0 Å². The maximum atomic E-state index is 11.0. The lowest BCUT2D eigenvalue weighted by Crippen LogP contribution is -2.48. The van der Waals surface area contributed by atoms with Crippen molar-refractivity contribution in [1.29, 1.82) is 0 Å². The van der Waals surface area contributed by atoms with E-state index in [-0.39, 0.29) is 17.9 Å². The molecule has 2 atom stereocenters. The fourth-order valence-corrected chi connectivity index (χ4v) is 1.50. The summed E-state index contributed by atoms with van der Waals surface area (Å²) in [6.07, 6.45) is 0. The fourth-order valence-electron chi connectivity index (χ4n) is 1.50. The van der Waals surface area contributed by atoms with Gasteiger partial charge in [0.05, 0.1) is 30.9 Å². The first-order valence-electron chi connectivity index (χ1n) is 4.39. The molecule has 2 unspecified atom stereocenters. The number of hydrogen-bond donors (Lipinski definition) is 1. The Kier molecular flexibility index (Phi) is 2.28. The predicted octanol–water partition coefficient (Wildman–Crippen LogP) is -0.476. The normalized spacial score (nSPS) is 34.2. The summed E-state index contributed by atoms with van der Waals surface area (Å²) in [6, 6.07) is 0.0372. The molecule has 0 bridgehead atoms. The van der Waals surface area contributed by atoms with Crippen LogP contribution in [0, 0.1) is 5.92 Å². The van der Waals surface area contributed by atoms with Gasteiger partial charge >= 0.3 is 5.97 Å². The van der Waals surface area contributed by atoms with E-state index in [4.69, 9.17) is 4.74 Å². The molecule has 0 saturated carbocycles. The smallest absolute Gasteiger partial charge is 0.343 e. The van der Waals surface area contributed by atoms with E-state index in [1.165, 1.54) is 0 Å². The number of oxime groups is 1. The van der Waals surface area contributed by atoms with E-state index in [9.17, 15) is 4.79 Å². The highest BCUT2D eigenvalue weighted by Gasteiger charge is 2.34. The van der Waals surface area contributed by atoms with Gasteiger partial charge in [-0.2, -0.15) is 0 Å². The van der Waals surface area contributed by atoms with Gasteiger partial charge in [-0.25, -0.2) is 4.79 Å². The number of rotatable bonds is 1. The Morgan fingerprint density at radius 1 is 1.62 bits per heavy atom. The molecule has 1 fully saturated rings. The summed E-state index contributed by atoms with van der Waals surface area (Å²) in [5, 5.41) is 6.97. The van der Waals surface area contributed by atoms with Crippen LogP contribution in [0.1, 0.15) is 6.92 Å². The largest absolute Gasteiger partial charge is 0.378 e. The molecule has 5 heteroatoms. The molecule has 1 N–H and O–H groups in total. The van der Waals surface area contributed by atoms with Gasteiger partial charge in [-0.05, 0) is 6.92 Å². The molecular formula is C8H12N2O3. The van der Waals surface area contributed by atoms with Crippen LogP contribution in [0.25, 0.3) is 0 Å². The Balaban J connectivity index is 2.03. The average Bonchev–Trinajstić information content (AvgIpc) is 2.49. The number of hydrogen-bond acceptors (Lipinski definition) is 5. The summed E-state index contributed by atoms with van der Waals surface area (Å²) < 4.78 is 5.27. The molecule has 5 nitrogen and oxygen atoms in total. The minimum Gasteiger partial charge on any atom is -0.378 e. The highest BCUT2D eigenvalue weighted by atomic mass is 16.7. The Hall–Kier alpha value is -0.940. The quantitative estimate of drug-likeness (QED) is 0.559. The SMILES string of the molecule is CC1C(=O)ON=C1C1COCCN1. The standard InChI is InChI=1S/C8H12N2O3/c1-5-7(10-13-8(5)11)6-4-12-3-2-9-6/h5-6,9H,2-4H2,1H3. The molecule has 1 saturated heterocycles. The lowest BCUT2D eigenvalue weighted by Gasteiger charge is -2.23. The van der Waals surface area contributed by atoms with Crippen molar-refractivity contribution in [2.24, 2.45) is 11.1 Å². The third-order valence-electron chi connectivity index (χ3n) is 2.32. The molecule has 13 heavy (non-hydrogen) atoms. The molecular weight excluding hydrogens is 172 g/mol. The third kappa shape index (κ3) is 1.57. The first kappa shape index (κ1) is 8.65. The molecule has 72 valence electrons. The molecule has 0 spiro atoms. The fraction of sp³-hybridized carbons (Fsp3) is 0.750. The molecule has 2 aliphatic rings. The van der Waals surface area contributed by atoms with E-state index >= 15 is 0 Å². The van der Waals surface area contributed by atoms with E-state index in [1.54, 1.807) is 6.92 Å². The lowest BCUT2D eigenvalue weighted by molar-refractivity contribution is -0.142. The Morgan fingerprint density at radius 2 is 2.46 bits per heavy atom. The number of nitrogens with zero attached hydrogens (tertiary/aromatic N) is 1. The van der Waals surface area contributed by atoms with Crippen molar-refractivity contribution < 1.29 is 14.4 Å². The zero-order valence-corrected chi connectivity index (χ0v) is 7.45. The van der Waals surface area contributed by atoms with Gasteiger partial charge in [-0.1, -0.05) is 5.16 Å². The topological polar surface area (TPSA) is 59.9 Å². The van der Waals surface area contributed by atoms with Crippen molar-refractivity contribution in [1.82, 2.24) is 5.32 Å². The summed E-state index contributed by atoms with van der Waals surface area (Å²) in [5.74, 6) is -0.512. The highest BCUT2D eigenvalue weighted by Crippen LogP contribution is 2.15. The summed E-state index contributed by atoms with van der Waals surface area (Å²) >= 11 is 0. The number of nitrogens with one attached hydrogen (secondary N) is 1. The summed E-state index contributed by atoms with van der Waals surface area (Å²) in [4.78, 5) is 15.6. The van der Waals surface area contributed by atoms with Crippen LogP contribution < -0.4 is 5.32 Å². The molecule has 0 aromatic heterocycles. The van der Waals surface area contributed by atoms with E-state index in [1.807, 2.05) is 0 Å². The molecule has 2 rings (SSSR count). The van der Waals surface area contributed by atoms with Gasteiger partial charge in [-0.15, -0.1) is 0 Å². The van der Waals surface area contributed by atoms with Crippen molar-refractivity contribution in [3.8, 4) is 0 Å². The van der Waals surface area contributed by atoms with Crippen LogP contribution in [0.15, 0.2) is 5.16 Å². The van der Waals surface area contributed by atoms with Gasteiger partial charge in [-0.3, -0.25) is 0 Å². The van der Waals surface area contributed by atoms with E-state index in [2.05, 4.69) is 15.3 Å². The number of ether oxygens (including phenoxy) is 1. The van der Waals surface area contributed by atoms with Crippen molar-refractivity contribution in [3.05, 3.63) is 0 Å². The molecule has 0 aliphatic carbocycles. The number of carbonyl (C=O) groups is 1. The van der Waals surface area contributed by atoms with Gasteiger partial charge in [0.25, 0.3) is 0 Å². The van der Waals surface area contributed by atoms with Crippen molar-refractivity contribution in [3.63, 3.8) is 0 Å². The maximum Gasteiger partial charge on any atom is 0.343 e. The van der Waals surface area contributed by atoms with Gasteiger partial charge in [0.2, 0.25) is 0 Å². The summed E-state index contributed by atoms with van der Waals surface area (Å²) in [6.45, 7) is 3.88. The number of morpholine rings is 1. The molecule has 2 aliphatic heterocycles. The second kappa shape index (κ2) is 3.43. The van der Waals surface area contributed by atoms with Crippen LogP contribution in [-0.4, -0.2) is 37.5 Å². The van der Waals surface area contributed by atoms with Crippen molar-refractivity contribution in [2.75, 3.05) is 19.8 Å². The molecule has 2 heterocycles. The third-order valence-corrected chi connectivity index (χ3v) is 2.32. The first-order chi connectivity index (χ1) is 6.29. The van der Waals surface area contributed by atoms with Crippen LogP contribution in [0.4, 0.5) is 0 Å². The zero-order chi connectivity index (χ0) is 9.26. The lowest BCUT2D eigenvalue weighted by atomic mass is 10.00. The highest BCUT2D eigenvalue weighted by molar-refractivity contribution is 6.07. The minimum absolute atomic E-state index is 0.0372. The van der Waals surface area contributed by atoms with E-state index in [0.29, 0.717) is 13.2 Å². The van der Waals surface area contributed by atoms with Gasteiger partial charge in [0, 0.05) is 6.54 Å². The monoisotopic (exact) mass is 184 g/mol. The first-order valence-corrected chi connectivity index (χ1v) is 4.39. The van der Waals surface area contributed by atoms with Crippen molar-refractivity contribution in [2.45, 2.75) is 13.0 Å². The molecule has 0 amide bonds. The Morgan fingerprint density at radius 3 is 3.00 bits per heavy atom. The number of carbonyl (C=O) groups excluding carboxylic acids is 1. The summed E-state index contributed by atoms with van der Waals surface area (Å²) in [7, 11) is 0. The van der Waals surface area contributed by atoms with Gasteiger partial charge < -0.3 is 14.9 Å². The van der Waals surface area contributed by atoms with Crippen molar-refractivity contribution >= 4 is 11.7 Å². The van der Waals surface area contributed by atoms with E-state index in [0.717, 1.165) is 12.3 Å². The minimum atomic E-state index is -0.276. The van der Waals surface area contributed by atoms with Crippen LogP contribution in [0.2, 0.25) is 0 Å². The van der Waals surface area contributed by atoms with Gasteiger partial charge in [0.1, 0.15) is 0 Å². The molecule has 0 aromatic rings. The Bertz CT molecular complexity index is 246. The zero-order valence-electron chi connectivity index (χ0n) is 7.45. The van der Waals surface area contributed by atoms with Crippen LogP contribution in [0.5, 0.6) is 0 Å². The van der Waals surface area contributed by atoms with Gasteiger partial charge in [0.15, 0.2) is 0 Å². The predicted molar refractivity (Wildman–Crippen MR) is 45.3 cm³/mol.